The van der Waals surface area contributed by atoms with Crippen molar-refractivity contribution in [3.63, 3.8) is 0 Å². The summed E-state index contributed by atoms with van der Waals surface area (Å²) >= 11 is 7.50. The highest BCUT2D eigenvalue weighted by Gasteiger charge is 2.18. The number of hydrogen-bond acceptors (Lipinski definition) is 5. The van der Waals surface area contributed by atoms with Gasteiger partial charge in [0.2, 0.25) is 5.91 Å². The summed E-state index contributed by atoms with van der Waals surface area (Å²) < 4.78 is 1.88. The molecule has 0 bridgehead atoms. The zero-order valence-electron chi connectivity index (χ0n) is 12.8. The van der Waals surface area contributed by atoms with Crippen LogP contribution in [0.5, 0.6) is 0 Å². The van der Waals surface area contributed by atoms with Gasteiger partial charge in [0.15, 0.2) is 11.0 Å². The average Bonchev–Trinajstić information content (AvgIpc) is 3.00. The summed E-state index contributed by atoms with van der Waals surface area (Å²) in [5.74, 6) is 0.353. The highest BCUT2D eigenvalue weighted by molar-refractivity contribution is 7.99. The van der Waals surface area contributed by atoms with Gasteiger partial charge in [-0.25, -0.2) is 0 Å². The summed E-state index contributed by atoms with van der Waals surface area (Å²) in [5.41, 5.74) is 7.87. The minimum Gasteiger partial charge on any atom is -0.369 e. The number of thioether (sulfide) groups is 1. The number of nitrogens with zero attached hydrogens (tertiary/aromatic N) is 4. The lowest BCUT2D eigenvalue weighted by molar-refractivity contribution is -0.115. The number of hydrogen-bond donors (Lipinski definition) is 1. The molecule has 2 N–H and O–H groups in total. The van der Waals surface area contributed by atoms with Crippen molar-refractivity contribution >= 4 is 29.3 Å². The van der Waals surface area contributed by atoms with Gasteiger partial charge in [0.1, 0.15) is 0 Å². The molecule has 0 fully saturated rings. The number of pyridine rings is 1. The minimum absolute atomic E-state index is 0.119. The first-order valence-corrected chi connectivity index (χ1v) is 8.46. The molecule has 0 aliphatic carbocycles. The van der Waals surface area contributed by atoms with E-state index in [-0.39, 0.29) is 5.75 Å². The zero-order chi connectivity index (χ0) is 17.1. The molecule has 6 nitrogen and oxygen atoms in total. The van der Waals surface area contributed by atoms with Crippen LogP contribution in [0.4, 0.5) is 0 Å². The van der Waals surface area contributed by atoms with Crippen molar-refractivity contribution in [1.82, 2.24) is 19.7 Å². The summed E-state index contributed by atoms with van der Waals surface area (Å²) in [6, 6.07) is 9.33. The number of carbonyl (C=O) groups excluding carboxylic acids is 1. The Morgan fingerprint density at radius 3 is 2.71 bits per heavy atom. The second-order valence-electron chi connectivity index (χ2n) is 5.02. The van der Waals surface area contributed by atoms with Crippen LogP contribution >= 0.6 is 23.4 Å². The summed E-state index contributed by atoms with van der Waals surface area (Å²) in [7, 11) is 0. The molecule has 0 aliphatic rings. The normalized spacial score (nSPS) is 10.8. The molecule has 8 heteroatoms. The molecular weight excluding hydrogens is 346 g/mol. The molecule has 122 valence electrons. The molecule has 1 aromatic carbocycles. The minimum atomic E-state index is -0.414. The zero-order valence-corrected chi connectivity index (χ0v) is 14.4. The van der Waals surface area contributed by atoms with E-state index >= 15 is 0 Å². The second kappa shape index (κ2) is 7.02. The largest absolute Gasteiger partial charge is 0.369 e. The van der Waals surface area contributed by atoms with Crippen LogP contribution in [0.25, 0.3) is 17.1 Å². The highest BCUT2D eigenvalue weighted by atomic mass is 35.5. The van der Waals surface area contributed by atoms with Crippen molar-refractivity contribution in [2.75, 3.05) is 5.75 Å². The molecule has 3 aromatic rings. The van der Waals surface area contributed by atoms with Crippen molar-refractivity contribution in [2.24, 2.45) is 5.73 Å². The Kier molecular flexibility index (Phi) is 4.82. The Morgan fingerprint density at radius 1 is 1.25 bits per heavy atom. The maximum Gasteiger partial charge on any atom is 0.227 e. The van der Waals surface area contributed by atoms with Crippen molar-refractivity contribution in [3.05, 3.63) is 53.3 Å². The van der Waals surface area contributed by atoms with E-state index in [0.29, 0.717) is 16.0 Å². The van der Waals surface area contributed by atoms with E-state index in [4.69, 9.17) is 17.3 Å². The first-order chi connectivity index (χ1) is 11.6. The fourth-order valence-electron chi connectivity index (χ4n) is 2.24. The Labute approximate surface area is 148 Å². The number of nitrogens with two attached hydrogens (primary N) is 1. The number of primary amides is 1. The maximum atomic E-state index is 11.1. The topological polar surface area (TPSA) is 86.7 Å². The number of benzene rings is 1. The molecule has 0 aliphatic heterocycles. The van der Waals surface area contributed by atoms with Crippen LogP contribution in [-0.4, -0.2) is 31.4 Å². The van der Waals surface area contributed by atoms with Crippen LogP contribution in [0.15, 0.2) is 47.9 Å². The first-order valence-electron chi connectivity index (χ1n) is 7.10. The number of halogens is 1. The van der Waals surface area contributed by atoms with Crippen LogP contribution in [-0.2, 0) is 4.79 Å². The standard InChI is InChI=1S/C16H14ClN5OS/c1-10-12(17)3-2-4-13(10)22-15(11-5-7-19-8-6-11)20-21-16(22)24-9-14(18)23/h2-8H,9H2,1H3,(H2,18,23). The molecule has 0 unspecified atom stereocenters. The molecular formula is C16H14ClN5OS. The Hall–Kier alpha value is -2.38. The molecule has 2 aromatic heterocycles. The van der Waals surface area contributed by atoms with Crippen molar-refractivity contribution < 1.29 is 4.79 Å². The van der Waals surface area contributed by atoms with E-state index in [1.807, 2.05) is 41.8 Å². The third-order valence-electron chi connectivity index (χ3n) is 3.40. The number of aromatic nitrogens is 4. The van der Waals surface area contributed by atoms with Gasteiger partial charge in [0.05, 0.1) is 11.4 Å². The van der Waals surface area contributed by atoms with Gasteiger partial charge in [-0.15, -0.1) is 10.2 Å². The number of rotatable bonds is 5. The quantitative estimate of drug-likeness (QED) is 0.708. The van der Waals surface area contributed by atoms with Gasteiger partial charge in [-0.2, -0.15) is 0 Å². The predicted octanol–water partition coefficient (Wildman–Crippen LogP) is 2.87. The lowest BCUT2D eigenvalue weighted by Crippen LogP contribution is -2.14. The van der Waals surface area contributed by atoms with Crippen LogP contribution in [0.1, 0.15) is 5.56 Å². The van der Waals surface area contributed by atoms with Gasteiger partial charge in [-0.1, -0.05) is 29.4 Å². The SMILES string of the molecule is Cc1c(Cl)cccc1-n1c(SCC(N)=O)nnc1-c1ccncc1. The van der Waals surface area contributed by atoms with Crippen LogP contribution in [0, 0.1) is 6.92 Å². The molecule has 2 heterocycles. The molecule has 0 saturated heterocycles. The molecule has 1 amide bonds. The van der Waals surface area contributed by atoms with E-state index in [0.717, 1.165) is 16.8 Å². The average molecular weight is 360 g/mol. The molecule has 0 spiro atoms. The molecule has 3 rings (SSSR count). The fourth-order valence-corrected chi connectivity index (χ4v) is 3.10. The Bertz CT molecular complexity index is 881. The van der Waals surface area contributed by atoms with Crippen molar-refractivity contribution in [1.29, 1.82) is 0 Å². The summed E-state index contributed by atoms with van der Waals surface area (Å²) in [4.78, 5) is 15.2. The van der Waals surface area contributed by atoms with Crippen LogP contribution < -0.4 is 5.73 Å². The second-order valence-corrected chi connectivity index (χ2v) is 6.37. The number of amides is 1. The molecule has 0 radical (unpaired) electrons. The van der Waals surface area contributed by atoms with E-state index in [9.17, 15) is 4.79 Å². The van der Waals surface area contributed by atoms with Gasteiger partial charge in [-0.05, 0) is 36.8 Å². The summed E-state index contributed by atoms with van der Waals surface area (Å²) in [6.45, 7) is 1.93. The maximum absolute atomic E-state index is 11.1. The van der Waals surface area contributed by atoms with Crippen LogP contribution in [0.3, 0.4) is 0 Å². The summed E-state index contributed by atoms with van der Waals surface area (Å²) in [5, 5.41) is 9.72. The van der Waals surface area contributed by atoms with Crippen molar-refractivity contribution in [3.8, 4) is 17.1 Å². The van der Waals surface area contributed by atoms with E-state index in [2.05, 4.69) is 15.2 Å². The molecule has 24 heavy (non-hydrogen) atoms. The Balaban J connectivity index is 2.18. The van der Waals surface area contributed by atoms with Gasteiger partial charge in [-0.3, -0.25) is 14.3 Å². The lowest BCUT2D eigenvalue weighted by Gasteiger charge is -2.13. The van der Waals surface area contributed by atoms with Gasteiger partial charge in [0.25, 0.3) is 0 Å². The van der Waals surface area contributed by atoms with Crippen molar-refractivity contribution in [2.45, 2.75) is 12.1 Å². The third kappa shape index (κ3) is 3.27. The van der Waals surface area contributed by atoms with Gasteiger partial charge >= 0.3 is 0 Å². The molecule has 0 atom stereocenters. The van der Waals surface area contributed by atoms with E-state index in [1.165, 1.54) is 11.8 Å². The summed E-state index contributed by atoms with van der Waals surface area (Å²) in [6.07, 6.45) is 3.38. The third-order valence-corrected chi connectivity index (χ3v) is 4.76. The fraction of sp³-hybridized carbons (Fsp3) is 0.125. The lowest BCUT2D eigenvalue weighted by atomic mass is 10.2. The van der Waals surface area contributed by atoms with E-state index in [1.54, 1.807) is 12.4 Å². The van der Waals surface area contributed by atoms with E-state index < -0.39 is 5.91 Å². The number of carbonyl (C=O) groups is 1. The Morgan fingerprint density at radius 2 is 2.00 bits per heavy atom. The van der Waals surface area contributed by atoms with Crippen LogP contribution in [0.2, 0.25) is 5.02 Å². The smallest absolute Gasteiger partial charge is 0.227 e. The predicted molar refractivity (Wildman–Crippen MR) is 94.3 cm³/mol. The van der Waals surface area contributed by atoms with Gasteiger partial charge in [0, 0.05) is 23.0 Å². The first kappa shape index (κ1) is 16.5. The molecule has 0 saturated carbocycles. The highest BCUT2D eigenvalue weighted by Crippen LogP contribution is 2.31. The van der Waals surface area contributed by atoms with Gasteiger partial charge < -0.3 is 5.73 Å². The monoisotopic (exact) mass is 359 g/mol.